The summed E-state index contributed by atoms with van der Waals surface area (Å²) < 4.78 is 6.45. The molecular formula is C20H14O. The molecule has 0 atom stereocenters. The summed E-state index contributed by atoms with van der Waals surface area (Å²) in [6, 6.07) is 29.7. The van der Waals surface area contributed by atoms with Gasteiger partial charge < -0.3 is 4.74 Å². The van der Waals surface area contributed by atoms with Gasteiger partial charge in [0, 0.05) is 0 Å². The standard InChI is InChI=1S/C20H14O/c1-3-9-15(10-4-1)19(16-11-5-2-6-12-16)20(21-19)17-13-7-8-14-18(17)20/h1-14H. The molecule has 1 aliphatic heterocycles. The second kappa shape index (κ2) is 3.63. The normalized spacial score (nSPS) is 19.0. The van der Waals surface area contributed by atoms with Gasteiger partial charge in [0.1, 0.15) is 0 Å². The highest BCUT2D eigenvalue weighted by Gasteiger charge is 2.82. The van der Waals surface area contributed by atoms with Crippen LogP contribution in [-0.4, -0.2) is 0 Å². The average molecular weight is 270 g/mol. The highest BCUT2D eigenvalue weighted by Crippen LogP contribution is 2.77. The Labute approximate surface area is 123 Å². The Morgan fingerprint density at radius 2 is 0.905 bits per heavy atom. The SMILES string of the molecule is c1ccc(C2(c3ccccc3)OC23c2ccccc23)cc1. The van der Waals surface area contributed by atoms with Crippen LogP contribution >= 0.6 is 0 Å². The van der Waals surface area contributed by atoms with E-state index in [-0.39, 0.29) is 11.2 Å². The lowest BCUT2D eigenvalue weighted by atomic mass is 9.85. The Bertz CT molecular complexity index is 758. The van der Waals surface area contributed by atoms with E-state index in [1.165, 1.54) is 22.3 Å². The van der Waals surface area contributed by atoms with Gasteiger partial charge in [-0.05, 0) is 22.3 Å². The Morgan fingerprint density at radius 3 is 1.38 bits per heavy atom. The second-order valence-electron chi connectivity index (χ2n) is 5.74. The van der Waals surface area contributed by atoms with Crippen molar-refractivity contribution in [3.63, 3.8) is 0 Å². The van der Waals surface area contributed by atoms with E-state index in [1.54, 1.807) is 0 Å². The third-order valence-electron chi connectivity index (χ3n) is 4.74. The second-order valence-corrected chi connectivity index (χ2v) is 5.74. The Balaban J connectivity index is 1.74. The topological polar surface area (TPSA) is 12.5 Å². The van der Waals surface area contributed by atoms with Crippen molar-refractivity contribution < 1.29 is 4.74 Å². The molecule has 0 radical (unpaired) electrons. The lowest BCUT2D eigenvalue weighted by Gasteiger charge is -2.14. The minimum atomic E-state index is -0.348. The highest BCUT2D eigenvalue weighted by molar-refractivity contribution is 5.70. The van der Waals surface area contributed by atoms with Gasteiger partial charge in [0.2, 0.25) is 0 Å². The van der Waals surface area contributed by atoms with Crippen LogP contribution in [0.25, 0.3) is 0 Å². The maximum Gasteiger partial charge on any atom is 0.158 e. The maximum absolute atomic E-state index is 6.45. The van der Waals surface area contributed by atoms with E-state index in [2.05, 4.69) is 84.9 Å². The molecule has 1 saturated heterocycles. The van der Waals surface area contributed by atoms with E-state index < -0.39 is 0 Å². The van der Waals surface area contributed by atoms with E-state index >= 15 is 0 Å². The van der Waals surface area contributed by atoms with Crippen LogP contribution in [0, 0.1) is 0 Å². The van der Waals surface area contributed by atoms with E-state index in [4.69, 9.17) is 4.74 Å². The summed E-state index contributed by atoms with van der Waals surface area (Å²) in [5.74, 6) is 0. The molecule has 1 fully saturated rings. The predicted molar refractivity (Wildman–Crippen MR) is 82.0 cm³/mol. The number of hydrogen-bond acceptors (Lipinski definition) is 1. The monoisotopic (exact) mass is 270 g/mol. The summed E-state index contributed by atoms with van der Waals surface area (Å²) in [6.07, 6.45) is 0. The molecule has 1 heteroatoms. The maximum atomic E-state index is 6.45. The molecule has 3 aromatic carbocycles. The Morgan fingerprint density at radius 1 is 0.476 bits per heavy atom. The van der Waals surface area contributed by atoms with Gasteiger partial charge in [-0.25, -0.2) is 0 Å². The molecular weight excluding hydrogens is 256 g/mol. The molecule has 1 nitrogen and oxygen atoms in total. The molecule has 1 heterocycles. The number of epoxide rings is 1. The first kappa shape index (κ1) is 11.3. The first-order valence-corrected chi connectivity index (χ1v) is 7.31. The van der Waals surface area contributed by atoms with Gasteiger partial charge in [-0.3, -0.25) is 0 Å². The van der Waals surface area contributed by atoms with Gasteiger partial charge >= 0.3 is 0 Å². The summed E-state index contributed by atoms with van der Waals surface area (Å²) >= 11 is 0. The zero-order valence-corrected chi connectivity index (χ0v) is 11.5. The summed E-state index contributed by atoms with van der Waals surface area (Å²) in [6.45, 7) is 0. The fourth-order valence-electron chi connectivity index (χ4n) is 3.75. The van der Waals surface area contributed by atoms with Crippen LogP contribution in [0.5, 0.6) is 0 Å². The Kier molecular flexibility index (Phi) is 1.95. The average Bonchev–Trinajstić information content (AvgIpc) is 3.46. The number of hydrogen-bond donors (Lipinski definition) is 0. The fraction of sp³-hybridized carbons (Fsp3) is 0.100. The minimum Gasteiger partial charge on any atom is -0.342 e. The molecule has 100 valence electrons. The molecule has 21 heavy (non-hydrogen) atoms. The largest absolute Gasteiger partial charge is 0.342 e. The van der Waals surface area contributed by atoms with E-state index in [1.807, 2.05) is 0 Å². The number of ether oxygens (including phenoxy) is 1. The zero-order chi connectivity index (χ0) is 13.9. The van der Waals surface area contributed by atoms with Crippen LogP contribution in [0.4, 0.5) is 0 Å². The van der Waals surface area contributed by atoms with Crippen LogP contribution in [0.3, 0.4) is 0 Å². The van der Waals surface area contributed by atoms with Gasteiger partial charge in [-0.2, -0.15) is 0 Å². The fourth-order valence-corrected chi connectivity index (χ4v) is 3.75. The van der Waals surface area contributed by atoms with Crippen LogP contribution in [-0.2, 0) is 15.9 Å². The van der Waals surface area contributed by atoms with E-state index in [0.717, 1.165) is 0 Å². The van der Waals surface area contributed by atoms with Crippen molar-refractivity contribution in [1.82, 2.24) is 0 Å². The third kappa shape index (κ3) is 1.21. The molecule has 2 aliphatic rings. The first-order chi connectivity index (χ1) is 10.4. The van der Waals surface area contributed by atoms with Crippen LogP contribution in [0.1, 0.15) is 22.3 Å². The van der Waals surface area contributed by atoms with Crippen molar-refractivity contribution in [2.24, 2.45) is 0 Å². The summed E-state index contributed by atoms with van der Waals surface area (Å²) in [7, 11) is 0. The summed E-state index contributed by atoms with van der Waals surface area (Å²) in [5.41, 5.74) is 4.55. The van der Waals surface area contributed by atoms with Crippen molar-refractivity contribution in [2.45, 2.75) is 11.2 Å². The minimum absolute atomic E-state index is 0.223. The van der Waals surface area contributed by atoms with Gasteiger partial charge in [-0.1, -0.05) is 84.9 Å². The van der Waals surface area contributed by atoms with E-state index in [0.29, 0.717) is 0 Å². The van der Waals surface area contributed by atoms with Crippen molar-refractivity contribution >= 4 is 0 Å². The van der Waals surface area contributed by atoms with Gasteiger partial charge in [-0.15, -0.1) is 0 Å². The molecule has 0 bridgehead atoms. The molecule has 0 saturated carbocycles. The first-order valence-electron chi connectivity index (χ1n) is 7.31. The lowest BCUT2D eigenvalue weighted by Crippen LogP contribution is -2.15. The number of rotatable bonds is 2. The number of fused-ring (bicyclic) bond motifs is 3. The van der Waals surface area contributed by atoms with Crippen LogP contribution in [0.15, 0.2) is 84.9 Å². The van der Waals surface area contributed by atoms with Crippen molar-refractivity contribution in [1.29, 1.82) is 0 Å². The third-order valence-corrected chi connectivity index (χ3v) is 4.74. The predicted octanol–water partition coefficient (Wildman–Crippen LogP) is 4.22. The van der Waals surface area contributed by atoms with Crippen molar-refractivity contribution in [3.05, 3.63) is 107 Å². The van der Waals surface area contributed by atoms with Gasteiger partial charge in [0.05, 0.1) is 0 Å². The lowest BCUT2D eigenvalue weighted by molar-refractivity contribution is 0.318. The molecule has 1 aliphatic carbocycles. The Hall–Kier alpha value is -2.38. The summed E-state index contributed by atoms with van der Waals surface area (Å²) in [4.78, 5) is 0. The zero-order valence-electron chi connectivity index (χ0n) is 11.5. The van der Waals surface area contributed by atoms with E-state index in [9.17, 15) is 0 Å². The molecule has 0 amide bonds. The molecule has 0 aromatic heterocycles. The van der Waals surface area contributed by atoms with Crippen LogP contribution < -0.4 is 0 Å². The van der Waals surface area contributed by atoms with Gasteiger partial charge in [0.15, 0.2) is 11.2 Å². The van der Waals surface area contributed by atoms with Crippen molar-refractivity contribution in [3.8, 4) is 0 Å². The molecule has 3 aromatic rings. The molecule has 5 rings (SSSR count). The number of benzene rings is 3. The smallest absolute Gasteiger partial charge is 0.158 e. The highest BCUT2D eigenvalue weighted by atomic mass is 16.6. The van der Waals surface area contributed by atoms with Gasteiger partial charge in [0.25, 0.3) is 0 Å². The van der Waals surface area contributed by atoms with Crippen molar-refractivity contribution in [2.75, 3.05) is 0 Å². The quantitative estimate of drug-likeness (QED) is 0.635. The molecule has 0 unspecified atom stereocenters. The van der Waals surface area contributed by atoms with Crippen LogP contribution in [0.2, 0.25) is 0 Å². The molecule has 0 N–H and O–H groups in total. The molecule has 1 spiro atoms. The summed E-state index contributed by atoms with van der Waals surface area (Å²) in [5, 5.41) is 0.